The number of hydrogen-bond acceptors (Lipinski definition) is 3. The van der Waals surface area contributed by atoms with Crippen LogP contribution in [0.4, 0.5) is 0 Å². The Balaban J connectivity index is 1.74. The largest absolute Gasteiger partial charge is 0.508 e. The normalized spacial score (nSPS) is 19.7. The number of Topliss-reactive ketones (excluding diaryl/α,β-unsaturated/α-hetero) is 1. The molecule has 3 nitrogen and oxygen atoms in total. The Kier molecular flexibility index (Phi) is 4.76. The Bertz CT molecular complexity index is 397. The van der Waals surface area contributed by atoms with Crippen LogP contribution in [0.25, 0.3) is 0 Å². The molecule has 1 fully saturated rings. The van der Waals surface area contributed by atoms with Gasteiger partial charge in [-0.1, -0.05) is 12.1 Å². The summed E-state index contributed by atoms with van der Waals surface area (Å²) in [7, 11) is 0. The molecule has 0 saturated carbocycles. The number of hydrogen-bond donors (Lipinski definition) is 2. The number of phenolic OH excluding ortho intramolecular Hbond substituents is 1. The van der Waals surface area contributed by atoms with Crippen LogP contribution in [0.1, 0.15) is 31.2 Å². The van der Waals surface area contributed by atoms with E-state index in [0.717, 1.165) is 25.1 Å². The van der Waals surface area contributed by atoms with Crippen molar-refractivity contribution in [2.24, 2.45) is 5.92 Å². The lowest BCUT2D eigenvalue weighted by atomic mass is 9.92. The summed E-state index contributed by atoms with van der Waals surface area (Å²) in [6.45, 7) is 2.17. The molecule has 98 valence electrons. The fourth-order valence-electron chi connectivity index (χ4n) is 2.52. The van der Waals surface area contributed by atoms with Crippen LogP contribution >= 0.6 is 0 Å². The van der Waals surface area contributed by atoms with Gasteiger partial charge in [-0.3, -0.25) is 4.79 Å². The second-order valence-electron chi connectivity index (χ2n) is 5.14. The molecule has 3 heteroatoms. The molecule has 1 aliphatic rings. The van der Waals surface area contributed by atoms with Crippen molar-refractivity contribution in [1.82, 2.24) is 5.32 Å². The molecule has 18 heavy (non-hydrogen) atoms. The number of aromatic hydroxyl groups is 1. The molecule has 1 aliphatic heterocycles. The Morgan fingerprint density at radius 2 is 2.33 bits per heavy atom. The summed E-state index contributed by atoms with van der Waals surface area (Å²) in [6.07, 6.45) is 4.55. The van der Waals surface area contributed by atoms with Crippen molar-refractivity contribution in [3.8, 4) is 5.75 Å². The van der Waals surface area contributed by atoms with E-state index in [1.54, 1.807) is 18.2 Å². The van der Waals surface area contributed by atoms with Gasteiger partial charge < -0.3 is 10.4 Å². The molecule has 1 atom stereocenters. The van der Waals surface area contributed by atoms with Gasteiger partial charge in [0.2, 0.25) is 0 Å². The van der Waals surface area contributed by atoms with Crippen LogP contribution in [0.2, 0.25) is 0 Å². The fraction of sp³-hybridized carbons (Fsp3) is 0.533. The van der Waals surface area contributed by atoms with Crippen LogP contribution in [0.15, 0.2) is 24.3 Å². The molecular formula is C15H21NO2. The molecule has 1 aromatic carbocycles. The summed E-state index contributed by atoms with van der Waals surface area (Å²) < 4.78 is 0. The molecular weight excluding hydrogens is 226 g/mol. The Morgan fingerprint density at radius 1 is 1.44 bits per heavy atom. The minimum absolute atomic E-state index is 0.233. The lowest BCUT2D eigenvalue weighted by Gasteiger charge is -2.22. The Hall–Kier alpha value is -1.35. The number of benzene rings is 1. The van der Waals surface area contributed by atoms with Crippen LogP contribution in [0, 0.1) is 5.92 Å². The molecule has 0 radical (unpaired) electrons. The van der Waals surface area contributed by atoms with Gasteiger partial charge in [0.05, 0.1) is 0 Å². The maximum Gasteiger partial charge on any atom is 0.137 e. The van der Waals surface area contributed by atoms with Crippen LogP contribution < -0.4 is 5.32 Å². The maximum absolute atomic E-state index is 11.9. The lowest BCUT2D eigenvalue weighted by Crippen LogP contribution is -2.30. The topological polar surface area (TPSA) is 49.3 Å². The van der Waals surface area contributed by atoms with Gasteiger partial charge in [-0.05, 0) is 56.0 Å². The van der Waals surface area contributed by atoms with E-state index in [2.05, 4.69) is 5.32 Å². The quantitative estimate of drug-likeness (QED) is 0.839. The van der Waals surface area contributed by atoms with Crippen LogP contribution in [-0.2, 0) is 11.2 Å². The number of ketones is 1. The molecule has 1 unspecified atom stereocenters. The van der Waals surface area contributed by atoms with Crippen molar-refractivity contribution in [1.29, 1.82) is 0 Å². The predicted octanol–water partition coefficient (Wildman–Crippen LogP) is 2.28. The molecule has 1 saturated heterocycles. The van der Waals surface area contributed by atoms with Gasteiger partial charge in [-0.15, -0.1) is 0 Å². The van der Waals surface area contributed by atoms with E-state index in [9.17, 15) is 9.90 Å². The first kappa shape index (κ1) is 13.1. The highest BCUT2D eigenvalue weighted by Gasteiger charge is 2.14. The fourth-order valence-corrected chi connectivity index (χ4v) is 2.52. The zero-order chi connectivity index (χ0) is 12.8. The highest BCUT2D eigenvalue weighted by atomic mass is 16.3. The molecule has 0 bridgehead atoms. The first-order chi connectivity index (χ1) is 8.74. The first-order valence-corrected chi connectivity index (χ1v) is 6.74. The van der Waals surface area contributed by atoms with Crippen LogP contribution in [-0.4, -0.2) is 24.0 Å². The maximum atomic E-state index is 11.9. The molecule has 0 aliphatic carbocycles. The molecule has 2 N–H and O–H groups in total. The van der Waals surface area contributed by atoms with E-state index in [1.165, 1.54) is 12.8 Å². The van der Waals surface area contributed by atoms with Crippen molar-refractivity contribution in [3.63, 3.8) is 0 Å². The van der Waals surface area contributed by atoms with E-state index >= 15 is 0 Å². The minimum Gasteiger partial charge on any atom is -0.508 e. The summed E-state index contributed by atoms with van der Waals surface area (Å²) in [6, 6.07) is 6.96. The van der Waals surface area contributed by atoms with Crippen LogP contribution in [0.5, 0.6) is 5.75 Å². The highest BCUT2D eigenvalue weighted by Crippen LogP contribution is 2.17. The van der Waals surface area contributed by atoms with Crippen molar-refractivity contribution in [2.45, 2.75) is 32.1 Å². The molecule has 0 amide bonds. The van der Waals surface area contributed by atoms with Gasteiger partial charge in [-0.2, -0.15) is 0 Å². The zero-order valence-electron chi connectivity index (χ0n) is 10.7. The average Bonchev–Trinajstić information content (AvgIpc) is 2.38. The van der Waals surface area contributed by atoms with Crippen LogP contribution in [0.3, 0.4) is 0 Å². The van der Waals surface area contributed by atoms with Crippen molar-refractivity contribution < 1.29 is 9.90 Å². The van der Waals surface area contributed by atoms with Gasteiger partial charge in [0.25, 0.3) is 0 Å². The second-order valence-corrected chi connectivity index (χ2v) is 5.14. The number of phenols is 1. The number of carbonyl (C=O) groups excluding carboxylic acids is 1. The summed E-state index contributed by atoms with van der Waals surface area (Å²) in [5.41, 5.74) is 0.904. The van der Waals surface area contributed by atoms with Gasteiger partial charge in [0, 0.05) is 12.8 Å². The first-order valence-electron chi connectivity index (χ1n) is 6.74. The van der Waals surface area contributed by atoms with E-state index in [1.807, 2.05) is 6.07 Å². The average molecular weight is 247 g/mol. The highest BCUT2D eigenvalue weighted by molar-refractivity contribution is 5.80. The number of nitrogens with one attached hydrogen (secondary N) is 1. The SMILES string of the molecule is O=C(CCC1CCCNC1)Cc1cccc(O)c1. The summed E-state index contributed by atoms with van der Waals surface area (Å²) >= 11 is 0. The molecule has 1 aromatic rings. The van der Waals surface area contributed by atoms with E-state index in [0.29, 0.717) is 18.8 Å². The third-order valence-corrected chi connectivity index (χ3v) is 3.54. The Morgan fingerprint density at radius 3 is 3.06 bits per heavy atom. The smallest absolute Gasteiger partial charge is 0.137 e. The predicted molar refractivity (Wildman–Crippen MR) is 71.6 cm³/mol. The minimum atomic E-state index is 0.233. The van der Waals surface area contributed by atoms with Gasteiger partial charge >= 0.3 is 0 Å². The third kappa shape index (κ3) is 4.15. The summed E-state index contributed by atoms with van der Waals surface area (Å²) in [5.74, 6) is 1.16. The zero-order valence-corrected chi connectivity index (χ0v) is 10.7. The van der Waals surface area contributed by atoms with Crippen molar-refractivity contribution in [3.05, 3.63) is 29.8 Å². The number of piperidine rings is 1. The Labute approximate surface area is 108 Å². The number of rotatable bonds is 5. The van der Waals surface area contributed by atoms with Crippen molar-refractivity contribution >= 4 is 5.78 Å². The third-order valence-electron chi connectivity index (χ3n) is 3.54. The van der Waals surface area contributed by atoms with E-state index in [4.69, 9.17) is 0 Å². The number of carbonyl (C=O) groups is 1. The van der Waals surface area contributed by atoms with Crippen molar-refractivity contribution in [2.75, 3.05) is 13.1 Å². The van der Waals surface area contributed by atoms with E-state index < -0.39 is 0 Å². The molecule has 0 aromatic heterocycles. The molecule has 0 spiro atoms. The lowest BCUT2D eigenvalue weighted by molar-refractivity contribution is -0.118. The standard InChI is InChI=1S/C15H21NO2/c17-14-5-1-3-13(9-14)10-15(18)7-6-12-4-2-8-16-11-12/h1,3,5,9,12,16-17H,2,4,6-8,10-11H2. The van der Waals surface area contributed by atoms with E-state index in [-0.39, 0.29) is 11.5 Å². The molecule has 1 heterocycles. The monoisotopic (exact) mass is 247 g/mol. The van der Waals surface area contributed by atoms with Gasteiger partial charge in [0.15, 0.2) is 0 Å². The summed E-state index contributed by atoms with van der Waals surface area (Å²) in [4.78, 5) is 11.9. The second kappa shape index (κ2) is 6.55. The molecule has 2 rings (SSSR count). The van der Waals surface area contributed by atoms with Gasteiger partial charge in [-0.25, -0.2) is 0 Å². The van der Waals surface area contributed by atoms with Gasteiger partial charge in [0.1, 0.15) is 11.5 Å². The summed E-state index contributed by atoms with van der Waals surface area (Å²) in [5, 5.41) is 12.7.